The number of rotatable bonds is 11. The number of hydrogen-bond acceptors (Lipinski definition) is 7. The smallest absolute Gasteiger partial charge is 0.329 e. The van der Waals surface area contributed by atoms with Crippen molar-refractivity contribution in [3.63, 3.8) is 0 Å². The second-order valence-corrected chi connectivity index (χ2v) is 13.0. The maximum Gasteiger partial charge on any atom is 0.329 e. The van der Waals surface area contributed by atoms with Gasteiger partial charge in [0.05, 0.1) is 6.54 Å². The molecule has 3 fully saturated rings. The minimum absolute atomic E-state index is 0.0346. The number of likely N-dealkylation sites (tertiary alicyclic amines) is 1. The van der Waals surface area contributed by atoms with Crippen LogP contribution in [0.25, 0.3) is 10.8 Å². The summed E-state index contributed by atoms with van der Waals surface area (Å²) in [5.74, 6) is -2.92. The van der Waals surface area contributed by atoms with E-state index in [0.29, 0.717) is 18.7 Å². The predicted molar refractivity (Wildman–Crippen MR) is 165 cm³/mol. The first kappa shape index (κ1) is 32.2. The third-order valence-corrected chi connectivity index (χ3v) is 9.28. The Kier molecular flexibility index (Phi) is 9.59. The van der Waals surface area contributed by atoms with Crippen molar-refractivity contribution in [2.45, 2.75) is 102 Å². The molecule has 0 bridgehead atoms. The Bertz CT molecular complexity index is 1450. The number of fused-ring (bicyclic) bond motifs is 1. The highest BCUT2D eigenvalue weighted by molar-refractivity contribution is 5.97. The number of benzene rings is 1. The van der Waals surface area contributed by atoms with Crippen molar-refractivity contribution in [1.29, 1.82) is 0 Å². The molecule has 2 saturated carbocycles. The Morgan fingerprint density at radius 2 is 1.73 bits per heavy atom. The second-order valence-electron chi connectivity index (χ2n) is 13.0. The molecule has 1 aliphatic heterocycles. The fourth-order valence-corrected chi connectivity index (χ4v) is 6.57. The number of carboxylic acids is 1. The zero-order valence-corrected chi connectivity index (χ0v) is 26.1. The number of nitrogens with zero attached hydrogens (tertiary/aromatic N) is 2. The maximum atomic E-state index is 14.2. The molecule has 12 heteroatoms. The van der Waals surface area contributed by atoms with Crippen molar-refractivity contribution in [3.8, 4) is 5.88 Å². The largest absolute Gasteiger partial charge is 0.480 e. The quantitative estimate of drug-likeness (QED) is 0.297. The average molecular weight is 622 g/mol. The lowest BCUT2D eigenvalue weighted by atomic mass is 9.83. The number of carbonyl (C=O) groups is 5. The monoisotopic (exact) mass is 621 g/mol. The molecule has 2 aliphatic carbocycles. The molecule has 0 unspecified atom stereocenters. The topological polar surface area (TPSA) is 167 Å². The SMILES string of the molecule is CC(=O)N[C@H](C(=O)N[C@H](C(=O)N1C[C@H](Oc2nccc3ccccc23)C[C@H]1C(=O)NC1(C(=O)O)CC1)C(C)C)C1CCCCC1. The third-order valence-electron chi connectivity index (χ3n) is 9.28. The molecule has 45 heavy (non-hydrogen) atoms. The van der Waals surface area contributed by atoms with Crippen LogP contribution in [0.4, 0.5) is 0 Å². The van der Waals surface area contributed by atoms with Gasteiger partial charge >= 0.3 is 5.97 Å². The summed E-state index contributed by atoms with van der Waals surface area (Å²) < 4.78 is 6.29. The van der Waals surface area contributed by atoms with Gasteiger partial charge in [-0.15, -0.1) is 0 Å². The van der Waals surface area contributed by atoms with Gasteiger partial charge in [0.15, 0.2) is 0 Å². The van der Waals surface area contributed by atoms with Gasteiger partial charge in [-0.3, -0.25) is 19.2 Å². The molecular weight excluding hydrogens is 578 g/mol. The van der Waals surface area contributed by atoms with Crippen molar-refractivity contribution in [1.82, 2.24) is 25.8 Å². The first-order valence-corrected chi connectivity index (χ1v) is 15.9. The van der Waals surface area contributed by atoms with Crippen LogP contribution in [0, 0.1) is 11.8 Å². The highest BCUT2D eigenvalue weighted by atomic mass is 16.5. The number of hydrogen-bond donors (Lipinski definition) is 4. The van der Waals surface area contributed by atoms with Crippen molar-refractivity contribution >= 4 is 40.4 Å². The summed E-state index contributed by atoms with van der Waals surface area (Å²) in [7, 11) is 0. The molecule has 3 aliphatic rings. The molecule has 4 amide bonds. The van der Waals surface area contributed by atoms with Crippen LogP contribution >= 0.6 is 0 Å². The molecule has 4 N–H and O–H groups in total. The molecule has 1 aromatic heterocycles. The summed E-state index contributed by atoms with van der Waals surface area (Å²) in [6.45, 7) is 5.02. The fourth-order valence-electron chi connectivity index (χ4n) is 6.57. The number of aliphatic carboxylic acids is 1. The number of pyridine rings is 1. The third kappa shape index (κ3) is 7.20. The van der Waals surface area contributed by atoms with E-state index in [1.165, 1.54) is 11.8 Å². The van der Waals surface area contributed by atoms with E-state index in [1.807, 2.05) is 30.3 Å². The van der Waals surface area contributed by atoms with Crippen LogP contribution in [0.2, 0.25) is 0 Å². The summed E-state index contributed by atoms with van der Waals surface area (Å²) in [6.07, 6.45) is 6.39. The molecule has 0 radical (unpaired) electrons. The van der Waals surface area contributed by atoms with Crippen molar-refractivity contribution < 1.29 is 33.8 Å². The molecular formula is C33H43N5O7. The number of ether oxygens (including phenoxy) is 1. The van der Waals surface area contributed by atoms with Gasteiger partial charge in [0.1, 0.15) is 29.8 Å². The summed E-state index contributed by atoms with van der Waals surface area (Å²) in [5.41, 5.74) is -1.33. The average Bonchev–Trinajstić information content (AvgIpc) is 3.68. The van der Waals surface area contributed by atoms with Crippen molar-refractivity contribution in [2.24, 2.45) is 11.8 Å². The molecule has 0 spiro atoms. The molecule has 242 valence electrons. The van der Waals surface area contributed by atoms with Gasteiger partial charge in [-0.2, -0.15) is 0 Å². The lowest BCUT2D eigenvalue weighted by Gasteiger charge is -2.34. The fraction of sp³-hybridized carbons (Fsp3) is 0.576. The van der Waals surface area contributed by atoms with Gasteiger partial charge in [-0.1, -0.05) is 51.3 Å². The molecule has 4 atom stereocenters. The van der Waals surface area contributed by atoms with Crippen LogP contribution in [0.3, 0.4) is 0 Å². The van der Waals surface area contributed by atoms with Crippen LogP contribution < -0.4 is 20.7 Å². The molecule has 1 aromatic carbocycles. The van der Waals surface area contributed by atoms with E-state index in [1.54, 1.807) is 20.0 Å². The van der Waals surface area contributed by atoms with Gasteiger partial charge in [0.25, 0.3) is 0 Å². The highest BCUT2D eigenvalue weighted by Gasteiger charge is 2.54. The standard InChI is InChI=1S/C33H43N5O7/c1-19(2)26(36-29(41)27(35-20(3)39)22-10-5-4-6-11-22)31(42)38-18-23(17-25(38)28(40)37-33(14-15-33)32(43)44)45-30-24-12-8-7-9-21(24)13-16-34-30/h7-9,12-13,16,19,22-23,25-27H,4-6,10-11,14-15,17-18H2,1-3H3,(H,35,39)(H,36,41)(H,37,40)(H,43,44)/t23-,25+,26+,27+/m1/s1. The molecule has 2 heterocycles. The van der Waals surface area contributed by atoms with E-state index >= 15 is 0 Å². The highest BCUT2D eigenvalue weighted by Crippen LogP contribution is 2.37. The van der Waals surface area contributed by atoms with Crippen LogP contribution in [-0.2, 0) is 24.0 Å². The zero-order valence-electron chi connectivity index (χ0n) is 26.1. The summed E-state index contributed by atoms with van der Waals surface area (Å²) in [4.78, 5) is 71.2. The normalized spacial score (nSPS) is 22.4. The van der Waals surface area contributed by atoms with E-state index < -0.39 is 53.5 Å². The predicted octanol–water partition coefficient (Wildman–Crippen LogP) is 2.54. The van der Waals surface area contributed by atoms with Gasteiger partial charge in [0.2, 0.25) is 29.5 Å². The Labute approximate surface area is 262 Å². The Balaban J connectivity index is 1.38. The van der Waals surface area contributed by atoms with Crippen LogP contribution in [0.15, 0.2) is 36.5 Å². The summed E-state index contributed by atoms with van der Waals surface area (Å²) in [6, 6.07) is 6.68. The van der Waals surface area contributed by atoms with Crippen LogP contribution in [0.1, 0.15) is 72.1 Å². The van der Waals surface area contributed by atoms with E-state index in [0.717, 1.165) is 42.9 Å². The van der Waals surface area contributed by atoms with E-state index in [2.05, 4.69) is 20.9 Å². The lowest BCUT2D eigenvalue weighted by molar-refractivity contribution is -0.146. The number of nitrogens with one attached hydrogen (secondary N) is 3. The van der Waals surface area contributed by atoms with Gasteiger partial charge in [-0.05, 0) is 55.0 Å². The summed E-state index contributed by atoms with van der Waals surface area (Å²) in [5, 5.41) is 19.8. The number of carboxylic acid groups (broad SMARTS) is 1. The minimum atomic E-state index is -1.33. The van der Waals surface area contributed by atoms with E-state index in [9.17, 15) is 29.1 Å². The van der Waals surface area contributed by atoms with Crippen molar-refractivity contribution in [3.05, 3.63) is 36.5 Å². The Hall–Kier alpha value is -4.22. The molecule has 5 rings (SSSR count). The Morgan fingerprint density at radius 1 is 1.02 bits per heavy atom. The molecule has 2 aromatic rings. The number of carbonyl (C=O) groups excluding carboxylic acids is 4. The lowest BCUT2D eigenvalue weighted by Crippen LogP contribution is -2.60. The van der Waals surface area contributed by atoms with Gasteiger partial charge < -0.3 is 30.7 Å². The van der Waals surface area contributed by atoms with Crippen molar-refractivity contribution in [2.75, 3.05) is 6.54 Å². The second kappa shape index (κ2) is 13.4. The van der Waals surface area contributed by atoms with Crippen LogP contribution in [0.5, 0.6) is 5.88 Å². The Morgan fingerprint density at radius 3 is 2.38 bits per heavy atom. The first-order chi connectivity index (χ1) is 21.5. The van der Waals surface area contributed by atoms with E-state index in [-0.39, 0.29) is 30.7 Å². The van der Waals surface area contributed by atoms with Gasteiger partial charge in [-0.25, -0.2) is 9.78 Å². The minimum Gasteiger partial charge on any atom is -0.480 e. The van der Waals surface area contributed by atoms with Crippen LogP contribution in [-0.4, -0.2) is 80.9 Å². The van der Waals surface area contributed by atoms with E-state index in [4.69, 9.17) is 4.74 Å². The summed E-state index contributed by atoms with van der Waals surface area (Å²) >= 11 is 0. The first-order valence-electron chi connectivity index (χ1n) is 15.9. The molecule has 12 nitrogen and oxygen atoms in total. The zero-order chi connectivity index (χ0) is 32.3. The number of aromatic nitrogens is 1. The van der Waals surface area contributed by atoms with Gasteiger partial charge in [0, 0.05) is 24.9 Å². The number of amides is 4. The molecule has 1 saturated heterocycles. The maximum absolute atomic E-state index is 14.2.